The Bertz CT molecular complexity index is 917. The van der Waals surface area contributed by atoms with Crippen LogP contribution in [0.4, 0.5) is 0 Å². The van der Waals surface area contributed by atoms with Gasteiger partial charge in [0, 0.05) is 24.9 Å². The maximum atomic E-state index is 12.4. The third kappa shape index (κ3) is 3.81. The lowest BCUT2D eigenvalue weighted by Gasteiger charge is -2.26. The topological polar surface area (TPSA) is 78.5 Å². The number of hydrogen-bond acceptors (Lipinski definition) is 5. The predicted molar refractivity (Wildman–Crippen MR) is 98.1 cm³/mol. The lowest BCUT2D eigenvalue weighted by atomic mass is 9.96. The number of nitrogens with zero attached hydrogens (tertiary/aromatic N) is 2. The van der Waals surface area contributed by atoms with E-state index in [1.165, 1.54) is 0 Å². The van der Waals surface area contributed by atoms with E-state index in [4.69, 9.17) is 13.9 Å². The number of hydrogen-bond donors (Lipinski definition) is 1. The molecule has 0 saturated heterocycles. The summed E-state index contributed by atoms with van der Waals surface area (Å²) in [5.74, 6) is 2.51. The summed E-state index contributed by atoms with van der Waals surface area (Å²) in [7, 11) is 1.63. The van der Waals surface area contributed by atoms with Crippen LogP contribution in [-0.4, -0.2) is 35.9 Å². The number of aromatic nitrogens is 2. The Morgan fingerprint density at radius 3 is 3.07 bits per heavy atom. The van der Waals surface area contributed by atoms with Gasteiger partial charge in [0.1, 0.15) is 5.76 Å². The van der Waals surface area contributed by atoms with Gasteiger partial charge in [0.2, 0.25) is 0 Å². The van der Waals surface area contributed by atoms with Gasteiger partial charge >= 0.3 is 0 Å². The zero-order valence-electron chi connectivity index (χ0n) is 15.1. The maximum absolute atomic E-state index is 12.4. The quantitative estimate of drug-likeness (QED) is 0.724. The monoisotopic (exact) mass is 367 g/mol. The van der Waals surface area contributed by atoms with Crippen LogP contribution in [0, 0.1) is 5.92 Å². The number of rotatable bonds is 6. The molecule has 1 aromatic carbocycles. The van der Waals surface area contributed by atoms with Crippen LogP contribution in [0.2, 0.25) is 0 Å². The molecule has 1 amide bonds. The highest BCUT2D eigenvalue weighted by molar-refractivity contribution is 5.91. The van der Waals surface area contributed by atoms with Crippen molar-refractivity contribution in [3.63, 3.8) is 0 Å². The van der Waals surface area contributed by atoms with E-state index in [9.17, 15) is 4.79 Å². The smallest absolute Gasteiger partial charge is 0.287 e. The molecule has 7 heteroatoms. The molecule has 0 unspecified atom stereocenters. The van der Waals surface area contributed by atoms with E-state index in [-0.39, 0.29) is 11.8 Å². The molecule has 2 aromatic heterocycles. The zero-order chi connectivity index (χ0) is 18.6. The van der Waals surface area contributed by atoms with E-state index in [2.05, 4.69) is 10.4 Å². The Morgan fingerprint density at radius 1 is 1.33 bits per heavy atom. The predicted octanol–water partition coefficient (Wildman–Crippen LogP) is 2.51. The first-order valence-electron chi connectivity index (χ1n) is 8.86. The van der Waals surface area contributed by atoms with Gasteiger partial charge in [0.15, 0.2) is 17.3 Å². The second kappa shape index (κ2) is 7.57. The molecule has 1 N–H and O–H groups in total. The van der Waals surface area contributed by atoms with E-state index >= 15 is 0 Å². The molecule has 140 valence electrons. The number of para-hydroxylation sites is 1. The Labute approximate surface area is 156 Å². The van der Waals surface area contributed by atoms with Crippen molar-refractivity contribution < 1.29 is 18.7 Å². The summed E-state index contributed by atoms with van der Waals surface area (Å²) in [5, 5.41) is 7.06. The lowest BCUT2D eigenvalue weighted by molar-refractivity contribution is 0.0908. The van der Waals surface area contributed by atoms with Gasteiger partial charge in [-0.25, -0.2) is 0 Å². The number of ether oxygens (including phenoxy) is 2. The minimum atomic E-state index is -0.224. The number of furan rings is 1. The molecular formula is C20H21N3O4. The van der Waals surface area contributed by atoms with Gasteiger partial charge in [-0.3, -0.25) is 9.48 Å². The van der Waals surface area contributed by atoms with Crippen molar-refractivity contribution in [1.29, 1.82) is 0 Å². The highest BCUT2D eigenvalue weighted by Crippen LogP contribution is 2.35. The van der Waals surface area contributed by atoms with Gasteiger partial charge < -0.3 is 19.2 Å². The molecule has 0 fully saturated rings. The number of methoxy groups -OCH3 is 1. The summed E-state index contributed by atoms with van der Waals surface area (Å²) in [6, 6.07) is 11.2. The second-order valence-corrected chi connectivity index (χ2v) is 6.51. The molecule has 1 aliphatic heterocycles. The van der Waals surface area contributed by atoms with Gasteiger partial charge in [-0.1, -0.05) is 12.1 Å². The third-order valence-corrected chi connectivity index (χ3v) is 4.57. The van der Waals surface area contributed by atoms with Gasteiger partial charge in [-0.15, -0.1) is 0 Å². The molecule has 7 nitrogen and oxygen atoms in total. The first-order valence-corrected chi connectivity index (χ1v) is 8.86. The average molecular weight is 367 g/mol. The molecule has 3 heterocycles. The molecule has 4 rings (SSSR count). The van der Waals surface area contributed by atoms with Crippen LogP contribution in [-0.2, 0) is 13.0 Å². The van der Waals surface area contributed by atoms with Crippen molar-refractivity contribution in [3.8, 4) is 11.5 Å². The van der Waals surface area contributed by atoms with E-state index in [0.29, 0.717) is 31.2 Å². The van der Waals surface area contributed by atoms with Crippen molar-refractivity contribution in [2.75, 3.05) is 20.3 Å². The number of amides is 1. The number of fused-ring (bicyclic) bond motifs is 1. The van der Waals surface area contributed by atoms with Crippen molar-refractivity contribution in [1.82, 2.24) is 15.1 Å². The lowest BCUT2D eigenvalue weighted by Crippen LogP contribution is -2.34. The van der Waals surface area contributed by atoms with E-state index in [0.717, 1.165) is 23.5 Å². The van der Waals surface area contributed by atoms with Crippen molar-refractivity contribution >= 4 is 5.91 Å². The normalized spacial score (nSPS) is 15.7. The van der Waals surface area contributed by atoms with Crippen LogP contribution in [0.5, 0.6) is 11.5 Å². The maximum Gasteiger partial charge on any atom is 0.287 e. The Kier molecular flexibility index (Phi) is 4.82. The number of benzene rings is 1. The average Bonchev–Trinajstić information content (AvgIpc) is 3.38. The van der Waals surface area contributed by atoms with Crippen LogP contribution < -0.4 is 14.8 Å². The second-order valence-electron chi connectivity index (χ2n) is 6.51. The fourth-order valence-electron chi connectivity index (χ4n) is 3.21. The first-order chi connectivity index (χ1) is 13.2. The Morgan fingerprint density at radius 2 is 2.26 bits per heavy atom. The third-order valence-electron chi connectivity index (χ3n) is 4.57. The van der Waals surface area contributed by atoms with Crippen molar-refractivity contribution in [2.24, 2.45) is 5.92 Å². The Hall–Kier alpha value is -3.22. The highest BCUT2D eigenvalue weighted by Gasteiger charge is 2.23. The highest BCUT2D eigenvalue weighted by atomic mass is 16.5. The van der Waals surface area contributed by atoms with Crippen LogP contribution >= 0.6 is 0 Å². The van der Waals surface area contributed by atoms with E-state index in [1.807, 2.05) is 30.5 Å². The number of carbonyl (C=O) groups is 1. The molecule has 0 radical (unpaired) electrons. The summed E-state index contributed by atoms with van der Waals surface area (Å²) < 4.78 is 18.5. The molecule has 0 saturated carbocycles. The van der Waals surface area contributed by atoms with Crippen LogP contribution in [0.15, 0.2) is 53.2 Å². The van der Waals surface area contributed by atoms with Crippen LogP contribution in [0.1, 0.15) is 21.9 Å². The molecule has 0 spiro atoms. The molecular weight excluding hydrogens is 346 g/mol. The number of carbonyl (C=O) groups excluding carboxylic acids is 1. The largest absolute Gasteiger partial charge is 0.493 e. The minimum Gasteiger partial charge on any atom is -0.493 e. The van der Waals surface area contributed by atoms with Gasteiger partial charge in [-0.05, 0) is 36.2 Å². The van der Waals surface area contributed by atoms with Crippen LogP contribution in [0.3, 0.4) is 0 Å². The fourth-order valence-corrected chi connectivity index (χ4v) is 3.21. The van der Waals surface area contributed by atoms with Crippen molar-refractivity contribution in [2.45, 2.75) is 13.0 Å². The summed E-state index contributed by atoms with van der Waals surface area (Å²) in [6.45, 7) is 1.55. The molecule has 3 aromatic rings. The van der Waals surface area contributed by atoms with E-state index in [1.54, 1.807) is 30.1 Å². The number of nitrogens with one attached hydrogen (secondary N) is 1. The van der Waals surface area contributed by atoms with Crippen LogP contribution in [0.25, 0.3) is 0 Å². The van der Waals surface area contributed by atoms with Gasteiger partial charge in [0.05, 0.1) is 20.3 Å². The standard InChI is InChI=1S/C20H21N3O4/c1-25-17-5-2-4-15-10-14(13-26-19(15)17)11-21-20(24)18-7-6-16(27-18)12-23-9-3-8-22-23/h2-9,14H,10-13H2,1H3,(H,21,24)/t14-/m1/s1. The molecule has 27 heavy (non-hydrogen) atoms. The summed E-state index contributed by atoms with van der Waals surface area (Å²) in [6.07, 6.45) is 4.38. The molecule has 0 bridgehead atoms. The minimum absolute atomic E-state index is 0.201. The SMILES string of the molecule is COc1cccc2c1OC[C@@H](CNC(=O)c1ccc(Cn3cccn3)o1)C2. The zero-order valence-corrected chi connectivity index (χ0v) is 15.1. The Balaban J connectivity index is 1.32. The van der Waals surface area contributed by atoms with Crippen molar-refractivity contribution in [3.05, 3.63) is 65.9 Å². The molecule has 0 aliphatic carbocycles. The molecule has 1 aliphatic rings. The summed E-state index contributed by atoms with van der Waals surface area (Å²) >= 11 is 0. The van der Waals surface area contributed by atoms with Gasteiger partial charge in [0.25, 0.3) is 5.91 Å². The fraction of sp³-hybridized carbons (Fsp3) is 0.300. The first kappa shape index (κ1) is 17.2. The van der Waals surface area contributed by atoms with E-state index < -0.39 is 0 Å². The summed E-state index contributed by atoms with van der Waals surface area (Å²) in [4.78, 5) is 12.4. The van der Waals surface area contributed by atoms with Gasteiger partial charge in [-0.2, -0.15) is 5.10 Å². The summed E-state index contributed by atoms with van der Waals surface area (Å²) in [5.41, 5.74) is 1.10. The molecule has 1 atom stereocenters.